The number of ether oxygens (including phenoxy) is 1. The minimum atomic E-state index is -0.0796. The predicted octanol–water partition coefficient (Wildman–Crippen LogP) is 11.4. The van der Waals surface area contributed by atoms with E-state index in [1.807, 2.05) is 44.2 Å². The van der Waals surface area contributed by atoms with Crippen LogP contribution in [-0.2, 0) is 16.6 Å². The molecule has 1 N–H and O–H groups in total. The molecule has 5 aromatic rings. The van der Waals surface area contributed by atoms with Crippen molar-refractivity contribution in [3.8, 4) is 23.8 Å². The maximum absolute atomic E-state index is 9.48. The molecule has 0 bridgehead atoms. The third kappa shape index (κ3) is 8.92. The number of terminal acetylenes is 1. The van der Waals surface area contributed by atoms with Gasteiger partial charge in [-0.2, -0.15) is 12.6 Å². The van der Waals surface area contributed by atoms with Gasteiger partial charge in [0.05, 0.1) is 11.5 Å². The van der Waals surface area contributed by atoms with Crippen molar-refractivity contribution in [2.24, 2.45) is 0 Å². The Morgan fingerprint density at radius 3 is 1.73 bits per heavy atom. The van der Waals surface area contributed by atoms with Crippen molar-refractivity contribution >= 4 is 35.3 Å². The Bertz CT molecular complexity index is 1740. The van der Waals surface area contributed by atoms with Gasteiger partial charge in [0.1, 0.15) is 11.5 Å². The summed E-state index contributed by atoms with van der Waals surface area (Å²) < 4.78 is 6.13. The Morgan fingerprint density at radius 2 is 1.33 bits per heavy atom. The Morgan fingerprint density at radius 1 is 0.837 bits per heavy atom. The smallest absolute Gasteiger partial charge is 0.120 e. The summed E-state index contributed by atoms with van der Waals surface area (Å²) >= 11 is 9.55. The molecule has 0 unspecified atom stereocenters. The first kappa shape index (κ1) is 37.3. The second-order valence-electron chi connectivity index (χ2n) is 11.9. The van der Waals surface area contributed by atoms with Crippen molar-refractivity contribution in [2.45, 2.75) is 56.6 Å². The fourth-order valence-electron chi connectivity index (χ4n) is 6.21. The van der Waals surface area contributed by atoms with Gasteiger partial charge in [-0.1, -0.05) is 155 Å². The largest absolute Gasteiger partial charge is 0.508 e. The van der Waals surface area contributed by atoms with Crippen LogP contribution >= 0.6 is 24.8 Å². The summed E-state index contributed by atoms with van der Waals surface area (Å²) in [5.74, 6) is 4.09. The third-order valence-corrected chi connectivity index (χ3v) is 9.81. The highest BCUT2D eigenvalue weighted by molar-refractivity contribution is 7.82. The van der Waals surface area contributed by atoms with Gasteiger partial charge in [-0.3, -0.25) is 0 Å². The first-order valence-electron chi connectivity index (χ1n) is 16.9. The van der Waals surface area contributed by atoms with Crippen LogP contribution in [-0.4, -0.2) is 16.6 Å². The van der Waals surface area contributed by atoms with Crippen LogP contribution in [0.3, 0.4) is 0 Å². The molecule has 250 valence electrons. The number of allylic oxidation sites excluding steroid dienone is 1. The van der Waals surface area contributed by atoms with E-state index in [4.69, 9.17) is 23.4 Å². The first-order valence-corrected chi connectivity index (χ1v) is 17.9. The van der Waals surface area contributed by atoms with Crippen LogP contribution in [0.25, 0.3) is 5.57 Å². The van der Waals surface area contributed by atoms with Crippen molar-refractivity contribution in [1.29, 1.82) is 0 Å². The average molecular weight is 683 g/mol. The highest BCUT2D eigenvalue weighted by Gasteiger charge is 2.45. The Labute approximate surface area is 304 Å². The van der Waals surface area contributed by atoms with E-state index in [0.29, 0.717) is 22.8 Å². The number of aromatic hydroxyl groups is 1. The molecule has 0 aromatic heterocycles. The number of hydrogen-bond donors (Lipinski definition) is 2. The summed E-state index contributed by atoms with van der Waals surface area (Å²) in [6.45, 7) is 10.9. The molecule has 0 heterocycles. The van der Waals surface area contributed by atoms with Crippen molar-refractivity contribution in [2.75, 3.05) is 6.61 Å². The summed E-state index contributed by atoms with van der Waals surface area (Å²) in [5.41, 5.74) is 7.73. The molecule has 4 heteroatoms. The van der Waals surface area contributed by atoms with Crippen LogP contribution < -0.4 is 4.74 Å². The molecule has 5 aromatic carbocycles. The number of rotatable bonds is 11. The van der Waals surface area contributed by atoms with Gasteiger partial charge in [0.15, 0.2) is 0 Å². The van der Waals surface area contributed by atoms with E-state index >= 15 is 0 Å². The summed E-state index contributed by atoms with van der Waals surface area (Å²) in [7, 11) is 0. The van der Waals surface area contributed by atoms with Gasteiger partial charge in [0.2, 0.25) is 0 Å². The molecule has 0 amide bonds. The van der Waals surface area contributed by atoms with Crippen molar-refractivity contribution in [1.82, 2.24) is 0 Å². The molecule has 6 rings (SSSR count). The molecule has 1 saturated carbocycles. The Hall–Kier alpha value is -4.56. The number of hydrogen-bond acceptors (Lipinski definition) is 4. The summed E-state index contributed by atoms with van der Waals surface area (Å²) in [6.07, 6.45) is 8.58. The topological polar surface area (TPSA) is 29.5 Å². The zero-order valence-electron chi connectivity index (χ0n) is 28.7. The van der Waals surface area contributed by atoms with Crippen LogP contribution in [0.2, 0.25) is 0 Å². The highest BCUT2D eigenvalue weighted by atomic mass is 32.1. The standard InChI is InChI=1S/C22H20O2S2.C21H20.C2H6/c1-3-21(26)15(2)17-10-16(13-25)11-20(12-17)24-14-22(8-9-22)18-4-6-19(23)7-5-18;1-2-21(18-12-6-3-7-13-18,19-14-8-4-9-15-19)20-16-10-5-11-17-20;1-2/h1,4-7,10-12,23,25H,2,8-9,13-14H2;3-17H,2H2,1H3;1-2H3. The number of thiocarbonyl (C=S) groups is 1. The second-order valence-corrected chi connectivity index (χ2v) is 12.7. The van der Waals surface area contributed by atoms with Gasteiger partial charge in [-0.15, -0.1) is 6.42 Å². The summed E-state index contributed by atoms with van der Waals surface area (Å²) in [5, 5.41) is 9.48. The maximum Gasteiger partial charge on any atom is 0.120 e. The second kappa shape index (κ2) is 17.7. The van der Waals surface area contributed by atoms with E-state index < -0.39 is 0 Å². The van der Waals surface area contributed by atoms with Crippen molar-refractivity contribution < 1.29 is 9.84 Å². The lowest BCUT2D eigenvalue weighted by Gasteiger charge is -2.35. The van der Waals surface area contributed by atoms with E-state index in [-0.39, 0.29) is 16.6 Å². The average Bonchev–Trinajstić information content (AvgIpc) is 3.97. The van der Waals surface area contributed by atoms with E-state index in [2.05, 4.69) is 123 Å². The highest BCUT2D eigenvalue weighted by Crippen LogP contribution is 2.49. The summed E-state index contributed by atoms with van der Waals surface area (Å²) in [6, 6.07) is 45.7. The zero-order valence-corrected chi connectivity index (χ0v) is 30.4. The molecular weight excluding hydrogens is 637 g/mol. The molecule has 0 radical (unpaired) electrons. The third-order valence-electron chi connectivity index (χ3n) is 9.08. The molecule has 0 spiro atoms. The van der Waals surface area contributed by atoms with Crippen LogP contribution in [0.5, 0.6) is 11.5 Å². The zero-order chi connectivity index (χ0) is 35.3. The minimum absolute atomic E-state index is 0.0238. The van der Waals surface area contributed by atoms with Crippen LogP contribution in [0.15, 0.2) is 140 Å². The van der Waals surface area contributed by atoms with Crippen molar-refractivity contribution in [3.05, 3.63) is 173 Å². The molecule has 1 fully saturated rings. The molecule has 0 atom stereocenters. The van der Waals surface area contributed by atoms with Crippen LogP contribution in [0, 0.1) is 12.3 Å². The normalized spacial score (nSPS) is 12.6. The number of thiol groups is 1. The molecule has 49 heavy (non-hydrogen) atoms. The lowest BCUT2D eigenvalue weighted by Crippen LogP contribution is -2.28. The number of phenolic OH excluding ortho intramolecular Hbond substituents is 1. The molecule has 1 aliphatic rings. The lowest BCUT2D eigenvalue weighted by atomic mass is 9.68. The Balaban J connectivity index is 0.000000214. The molecule has 1 aliphatic carbocycles. The quantitative estimate of drug-likeness (QED) is 0.0478. The van der Waals surface area contributed by atoms with Gasteiger partial charge < -0.3 is 9.84 Å². The van der Waals surface area contributed by atoms with E-state index in [1.54, 1.807) is 12.1 Å². The fourth-order valence-corrected chi connectivity index (χ4v) is 6.51. The number of benzene rings is 5. The van der Waals surface area contributed by atoms with E-state index in [9.17, 15) is 5.11 Å². The predicted molar refractivity (Wildman–Crippen MR) is 215 cm³/mol. The van der Waals surface area contributed by atoms with Gasteiger partial charge in [0, 0.05) is 22.2 Å². The number of phenols is 1. The van der Waals surface area contributed by atoms with E-state index in [1.165, 1.54) is 22.3 Å². The van der Waals surface area contributed by atoms with Crippen LogP contribution in [0.4, 0.5) is 0 Å². The lowest BCUT2D eigenvalue weighted by molar-refractivity contribution is 0.277. The fraction of sp³-hybridized carbons (Fsp3) is 0.222. The maximum atomic E-state index is 9.48. The summed E-state index contributed by atoms with van der Waals surface area (Å²) in [4.78, 5) is 0.398. The first-order chi connectivity index (χ1) is 23.8. The monoisotopic (exact) mass is 682 g/mol. The van der Waals surface area contributed by atoms with E-state index in [0.717, 1.165) is 36.1 Å². The van der Waals surface area contributed by atoms with Gasteiger partial charge in [-0.05, 0) is 76.9 Å². The van der Waals surface area contributed by atoms with Gasteiger partial charge in [0.25, 0.3) is 0 Å². The minimum Gasteiger partial charge on any atom is -0.508 e. The molecule has 0 aliphatic heterocycles. The van der Waals surface area contributed by atoms with Gasteiger partial charge >= 0.3 is 0 Å². The van der Waals surface area contributed by atoms with Gasteiger partial charge in [-0.25, -0.2) is 0 Å². The van der Waals surface area contributed by atoms with Crippen molar-refractivity contribution in [3.63, 3.8) is 0 Å². The SMILES string of the molecule is C#CC(=S)C(=C)c1cc(CS)cc(OCC2(c3ccc(O)cc3)CC2)c1.CC.CCC(c1ccccc1)(c1ccccc1)c1ccccc1. The molecule has 2 nitrogen and oxygen atoms in total. The molecule has 0 saturated heterocycles. The van der Waals surface area contributed by atoms with Crippen LogP contribution in [0.1, 0.15) is 73.4 Å². The molecular formula is C45H46O2S2. The Kier molecular flexibility index (Phi) is 13.5.